The molecule has 0 atom stereocenters. The molecule has 0 aliphatic rings. The number of aromatic nitrogens is 2. The van der Waals surface area contributed by atoms with Crippen LogP contribution < -0.4 is 10.2 Å². The van der Waals surface area contributed by atoms with Gasteiger partial charge in [-0.3, -0.25) is 9.35 Å². The first-order valence-corrected chi connectivity index (χ1v) is 18.4. The van der Waals surface area contributed by atoms with Gasteiger partial charge in [-0.1, -0.05) is 114 Å². The van der Waals surface area contributed by atoms with E-state index in [9.17, 15) is 23.0 Å². The highest BCUT2D eigenvalue weighted by Gasteiger charge is 2.26. The number of halogens is 3. The summed E-state index contributed by atoms with van der Waals surface area (Å²) in [5.74, 6) is -0.476. The fraction of sp³-hybridized carbons (Fsp3) is 0.0789. The Labute approximate surface area is 320 Å². The first-order chi connectivity index (χ1) is 25.4. The fourth-order valence-electron chi connectivity index (χ4n) is 5.54. The Balaban J connectivity index is 1.49. The number of hydrogen-bond donors (Lipinski definition) is 2. The first-order valence-electron chi connectivity index (χ1n) is 15.8. The molecule has 0 bridgehead atoms. The molecule has 0 radical (unpaired) electrons. The van der Waals surface area contributed by atoms with Crippen LogP contribution in [0.4, 0.5) is 22.9 Å². The van der Waals surface area contributed by atoms with Crippen molar-refractivity contribution >= 4 is 73.7 Å². The van der Waals surface area contributed by atoms with Crippen LogP contribution in [0.15, 0.2) is 130 Å². The van der Waals surface area contributed by atoms with E-state index in [4.69, 9.17) is 34.8 Å². The summed E-state index contributed by atoms with van der Waals surface area (Å²) in [6.45, 7) is 2.52. The summed E-state index contributed by atoms with van der Waals surface area (Å²) in [6, 6.07) is 36.1. The van der Waals surface area contributed by atoms with Crippen molar-refractivity contribution in [3.8, 4) is 23.0 Å². The second-order valence-corrected chi connectivity index (χ2v) is 14.3. The summed E-state index contributed by atoms with van der Waals surface area (Å²) in [4.78, 5) is 14.1. The molecule has 0 saturated carbocycles. The van der Waals surface area contributed by atoms with Gasteiger partial charge in [0.25, 0.3) is 10.1 Å². The minimum Gasteiger partial charge on any atom is -0.363 e. The van der Waals surface area contributed by atoms with Crippen LogP contribution in [0.1, 0.15) is 23.6 Å². The number of rotatable bonds is 11. The minimum absolute atomic E-state index is 0.0422. The largest absolute Gasteiger partial charge is 0.363 e. The maximum Gasteiger partial charge on any atom is 0.294 e. The maximum atomic E-state index is 12.5. The van der Waals surface area contributed by atoms with Crippen molar-refractivity contribution in [2.45, 2.75) is 24.9 Å². The van der Waals surface area contributed by atoms with Gasteiger partial charge < -0.3 is 10.2 Å². The number of nitrogens with zero attached hydrogens (tertiary/aromatic N) is 6. The number of nitrogens with one attached hydrogen (secondary N) is 1. The van der Waals surface area contributed by atoms with Gasteiger partial charge >= 0.3 is 0 Å². The third-order valence-corrected chi connectivity index (χ3v) is 9.68. The smallest absolute Gasteiger partial charge is 0.294 e. The van der Waals surface area contributed by atoms with Crippen LogP contribution in [-0.4, -0.2) is 28.7 Å². The van der Waals surface area contributed by atoms with E-state index in [1.165, 1.54) is 6.92 Å². The van der Waals surface area contributed by atoms with Crippen molar-refractivity contribution in [2.75, 3.05) is 10.2 Å². The molecule has 6 rings (SSSR count). The average molecular weight is 785 g/mol. The predicted molar refractivity (Wildman–Crippen MR) is 206 cm³/mol. The van der Waals surface area contributed by atoms with Crippen molar-refractivity contribution in [2.24, 2.45) is 10.2 Å². The van der Waals surface area contributed by atoms with Gasteiger partial charge in [-0.05, 0) is 47.5 Å². The number of nitriles is 1. The van der Waals surface area contributed by atoms with Crippen LogP contribution in [0.25, 0.3) is 16.9 Å². The van der Waals surface area contributed by atoms with Gasteiger partial charge in [0.1, 0.15) is 28.7 Å². The maximum absolute atomic E-state index is 12.5. The highest BCUT2D eigenvalue weighted by atomic mass is 35.5. The van der Waals surface area contributed by atoms with Gasteiger partial charge in [0.05, 0.1) is 25.7 Å². The van der Waals surface area contributed by atoms with Crippen molar-refractivity contribution in [3.63, 3.8) is 0 Å². The molecule has 0 fully saturated rings. The summed E-state index contributed by atoms with van der Waals surface area (Å²) in [7, 11) is -4.67. The molecular formula is C38H28Cl3N7O4S. The van der Waals surface area contributed by atoms with E-state index in [0.717, 1.165) is 33.6 Å². The molecule has 0 spiro atoms. The lowest BCUT2D eigenvalue weighted by Crippen LogP contribution is -2.22. The Morgan fingerprint density at radius 3 is 1.98 bits per heavy atom. The molecule has 0 unspecified atom stereocenters. The minimum atomic E-state index is -4.67. The summed E-state index contributed by atoms with van der Waals surface area (Å²) in [5, 5.41) is 26.6. The summed E-state index contributed by atoms with van der Waals surface area (Å²) in [6.07, 6.45) is 0. The number of azo groups is 1. The molecule has 1 aromatic heterocycles. The van der Waals surface area contributed by atoms with Crippen molar-refractivity contribution in [1.29, 1.82) is 5.26 Å². The van der Waals surface area contributed by atoms with Gasteiger partial charge in [0.2, 0.25) is 5.91 Å². The number of carbonyl (C=O) groups is 1. The van der Waals surface area contributed by atoms with E-state index in [1.54, 1.807) is 36.4 Å². The highest BCUT2D eigenvalue weighted by molar-refractivity contribution is 7.85. The molecule has 0 saturated heterocycles. The third-order valence-electron chi connectivity index (χ3n) is 7.94. The van der Waals surface area contributed by atoms with Crippen molar-refractivity contribution in [1.82, 2.24) is 9.78 Å². The normalized spacial score (nSPS) is 11.4. The molecule has 1 amide bonds. The van der Waals surface area contributed by atoms with Crippen LogP contribution in [0, 0.1) is 11.3 Å². The zero-order valence-corrected chi connectivity index (χ0v) is 30.9. The Kier molecular flexibility index (Phi) is 11.2. The van der Waals surface area contributed by atoms with E-state index >= 15 is 0 Å². The molecule has 15 heteroatoms. The molecule has 53 heavy (non-hydrogen) atoms. The number of benzene rings is 5. The Hall–Kier alpha value is -5.55. The third kappa shape index (κ3) is 8.58. The monoisotopic (exact) mass is 783 g/mol. The van der Waals surface area contributed by atoms with E-state index in [2.05, 4.69) is 31.6 Å². The second kappa shape index (κ2) is 16.0. The summed E-state index contributed by atoms with van der Waals surface area (Å²) >= 11 is 19.6. The van der Waals surface area contributed by atoms with Gasteiger partial charge in [-0.25, -0.2) is 4.68 Å². The van der Waals surface area contributed by atoms with Crippen LogP contribution in [0.5, 0.6) is 0 Å². The van der Waals surface area contributed by atoms with Crippen LogP contribution in [0.3, 0.4) is 0 Å². The van der Waals surface area contributed by atoms with E-state index in [-0.39, 0.29) is 49.4 Å². The Morgan fingerprint density at radius 1 is 0.849 bits per heavy atom. The Bertz CT molecular complexity index is 2440. The lowest BCUT2D eigenvalue weighted by Gasteiger charge is -2.26. The number of anilines is 2. The lowest BCUT2D eigenvalue weighted by molar-refractivity contribution is -0.114. The molecule has 0 aliphatic heterocycles. The lowest BCUT2D eigenvalue weighted by atomic mass is 10.1. The molecule has 6 aromatic rings. The molecule has 2 N–H and O–H groups in total. The van der Waals surface area contributed by atoms with E-state index in [1.807, 2.05) is 66.7 Å². The van der Waals surface area contributed by atoms with Crippen LogP contribution in [-0.2, 0) is 28.0 Å². The SMILES string of the molecule is CC(=O)Nc1cc(N(Cc2ccccc2)Cc2ccccc2)ccc1N=Nc1c(C#N)c(-c2ccccc2Cl)nn1-c1c(Cl)cc(S(=O)(=O)O)cc1Cl. The zero-order valence-electron chi connectivity index (χ0n) is 27.8. The zero-order chi connectivity index (χ0) is 37.7. The van der Waals surface area contributed by atoms with Gasteiger partial charge in [-0.15, -0.1) is 10.2 Å². The van der Waals surface area contributed by atoms with Crippen LogP contribution in [0.2, 0.25) is 15.1 Å². The summed E-state index contributed by atoms with van der Waals surface area (Å²) < 4.78 is 34.5. The summed E-state index contributed by atoms with van der Waals surface area (Å²) in [5.41, 5.74) is 3.97. The van der Waals surface area contributed by atoms with E-state index < -0.39 is 15.0 Å². The highest BCUT2D eigenvalue weighted by Crippen LogP contribution is 2.41. The topological polar surface area (TPSA) is 153 Å². The fourth-order valence-corrected chi connectivity index (χ4v) is 7.08. The van der Waals surface area contributed by atoms with Gasteiger partial charge in [-0.2, -0.15) is 18.8 Å². The molecule has 11 nitrogen and oxygen atoms in total. The molecule has 1 heterocycles. The molecule has 0 aliphatic carbocycles. The quantitative estimate of drug-likeness (QED) is 0.0979. The molecule has 5 aromatic carbocycles. The number of amides is 1. The predicted octanol–water partition coefficient (Wildman–Crippen LogP) is 10.2. The Morgan fingerprint density at radius 2 is 1.43 bits per heavy atom. The van der Waals surface area contributed by atoms with Gasteiger partial charge in [0, 0.05) is 31.3 Å². The second-order valence-electron chi connectivity index (χ2n) is 11.7. The van der Waals surface area contributed by atoms with Crippen LogP contribution >= 0.6 is 34.8 Å². The van der Waals surface area contributed by atoms with Gasteiger partial charge in [0.15, 0.2) is 5.82 Å². The number of carbonyl (C=O) groups excluding carboxylic acids is 1. The standard InChI is InChI=1S/C38H28Cl3N7O4S/c1-24(49)43-35-18-27(47(22-25-10-4-2-5-11-25)23-26-12-6-3-7-13-26)16-17-34(35)44-45-38-30(21-42)36(29-14-8-9-15-31(29)39)46-48(38)37-32(40)19-28(20-33(37)41)53(50,51)52/h2-20H,22-23H2,1H3,(H,43,49)(H,50,51,52). The van der Waals surface area contributed by atoms with E-state index in [0.29, 0.717) is 24.3 Å². The molecular weight excluding hydrogens is 757 g/mol. The number of hydrogen-bond acceptors (Lipinski definition) is 8. The van der Waals surface area contributed by atoms with Crippen molar-refractivity contribution in [3.05, 3.63) is 147 Å². The first kappa shape index (κ1) is 37.2. The average Bonchev–Trinajstić information content (AvgIpc) is 3.48. The van der Waals surface area contributed by atoms with Crippen molar-refractivity contribution < 1.29 is 17.8 Å². The molecule has 266 valence electrons.